The third-order valence-corrected chi connectivity index (χ3v) is 8.49. The highest BCUT2D eigenvalue weighted by molar-refractivity contribution is 6.02. The van der Waals surface area contributed by atoms with Crippen LogP contribution in [-0.4, -0.2) is 65.7 Å². The number of aliphatic imine (C=N–C) groups is 1. The van der Waals surface area contributed by atoms with Crippen LogP contribution in [0.15, 0.2) is 4.99 Å². The van der Waals surface area contributed by atoms with Crippen LogP contribution in [0.25, 0.3) is 0 Å². The average Bonchev–Trinajstić information content (AvgIpc) is 3.05. The van der Waals surface area contributed by atoms with Gasteiger partial charge in [0.1, 0.15) is 5.84 Å². The maximum absolute atomic E-state index is 12.9. The predicted octanol–water partition coefficient (Wildman–Crippen LogP) is 4.67. The summed E-state index contributed by atoms with van der Waals surface area (Å²) in [5, 5.41) is 3.04. The van der Waals surface area contributed by atoms with Gasteiger partial charge in [-0.2, -0.15) is 0 Å². The smallest absolute Gasteiger partial charge is 0.230 e. The first-order chi connectivity index (χ1) is 16.2. The predicted molar refractivity (Wildman–Crippen MR) is 133 cm³/mol. The van der Waals surface area contributed by atoms with Gasteiger partial charge in [-0.25, -0.2) is 0 Å². The molecule has 0 spiro atoms. The second kappa shape index (κ2) is 12.9. The molecule has 33 heavy (non-hydrogen) atoms. The van der Waals surface area contributed by atoms with Crippen LogP contribution < -0.4 is 5.32 Å². The van der Waals surface area contributed by atoms with Crippen LogP contribution in [0.3, 0.4) is 0 Å². The lowest BCUT2D eigenvalue weighted by Gasteiger charge is -2.39. The Morgan fingerprint density at radius 2 is 1.36 bits per heavy atom. The van der Waals surface area contributed by atoms with E-state index in [1.807, 2.05) is 4.90 Å². The topological polar surface area (TPSA) is 65.0 Å². The fourth-order valence-corrected chi connectivity index (χ4v) is 6.39. The van der Waals surface area contributed by atoms with Crippen LogP contribution in [0.1, 0.15) is 109 Å². The Kier molecular flexibility index (Phi) is 9.63. The normalized spacial score (nSPS) is 29.3. The largest absolute Gasteiger partial charge is 0.340 e. The van der Waals surface area contributed by atoms with Gasteiger partial charge in [0.25, 0.3) is 0 Å². The second-order valence-electron chi connectivity index (χ2n) is 10.9. The molecule has 2 heterocycles. The summed E-state index contributed by atoms with van der Waals surface area (Å²) in [7, 11) is 0. The molecular weight excluding hydrogens is 412 g/mol. The molecule has 6 heteroatoms. The fourth-order valence-electron chi connectivity index (χ4n) is 6.39. The first kappa shape index (κ1) is 24.7. The molecule has 1 saturated heterocycles. The van der Waals surface area contributed by atoms with Gasteiger partial charge < -0.3 is 10.2 Å². The number of fused-ring (bicyclic) bond motifs is 1. The van der Waals surface area contributed by atoms with E-state index in [1.165, 1.54) is 70.6 Å². The highest BCUT2D eigenvalue weighted by Crippen LogP contribution is 2.27. The molecule has 0 radical (unpaired) electrons. The Balaban J connectivity index is 1.23. The molecule has 2 saturated carbocycles. The lowest BCUT2D eigenvalue weighted by molar-refractivity contribution is -0.133. The van der Waals surface area contributed by atoms with E-state index in [9.17, 15) is 9.59 Å². The molecule has 6 nitrogen and oxygen atoms in total. The van der Waals surface area contributed by atoms with E-state index in [1.54, 1.807) is 0 Å². The highest BCUT2D eigenvalue weighted by atomic mass is 16.2. The summed E-state index contributed by atoms with van der Waals surface area (Å²) in [5.74, 6) is 1.15. The quantitative estimate of drug-likeness (QED) is 0.666. The second-order valence-corrected chi connectivity index (χ2v) is 10.9. The van der Waals surface area contributed by atoms with E-state index in [0.717, 1.165) is 57.7 Å². The SMILES string of the molecule is O=C1NC(CCC(=O)N2CCN(C3CCCCCCCC3)CC2)=NC2CCCCCCCC12. The number of rotatable bonds is 4. The number of hydrogen-bond donors (Lipinski definition) is 1. The number of carbonyl (C=O) groups is 2. The van der Waals surface area contributed by atoms with Crippen molar-refractivity contribution in [1.82, 2.24) is 15.1 Å². The maximum Gasteiger partial charge on any atom is 0.230 e. The molecule has 2 amide bonds. The van der Waals surface area contributed by atoms with Gasteiger partial charge in [-0.1, -0.05) is 70.6 Å². The van der Waals surface area contributed by atoms with Gasteiger partial charge in [0.15, 0.2) is 0 Å². The van der Waals surface area contributed by atoms with E-state index in [4.69, 9.17) is 4.99 Å². The van der Waals surface area contributed by atoms with Crippen molar-refractivity contribution >= 4 is 17.6 Å². The third kappa shape index (κ3) is 7.27. The van der Waals surface area contributed by atoms with E-state index in [2.05, 4.69) is 10.2 Å². The molecule has 0 aromatic heterocycles. The summed E-state index contributed by atoms with van der Waals surface area (Å²) in [5.41, 5.74) is 0. The van der Waals surface area contributed by atoms with E-state index >= 15 is 0 Å². The molecular formula is C27H46N4O2. The lowest BCUT2D eigenvalue weighted by Crippen LogP contribution is -2.52. The molecule has 4 rings (SSSR count). The van der Waals surface area contributed by atoms with Gasteiger partial charge in [0, 0.05) is 45.1 Å². The summed E-state index contributed by atoms with van der Waals surface area (Å²) in [6.45, 7) is 3.72. The molecule has 4 aliphatic rings. The van der Waals surface area contributed by atoms with Crippen molar-refractivity contribution in [2.75, 3.05) is 26.2 Å². The maximum atomic E-state index is 12.9. The summed E-state index contributed by atoms with van der Waals surface area (Å²) < 4.78 is 0. The molecule has 0 bridgehead atoms. The Morgan fingerprint density at radius 3 is 2.03 bits per heavy atom. The minimum absolute atomic E-state index is 0.0354. The zero-order valence-corrected chi connectivity index (χ0v) is 20.7. The van der Waals surface area contributed by atoms with Crippen molar-refractivity contribution in [2.45, 2.75) is 121 Å². The van der Waals surface area contributed by atoms with Gasteiger partial charge in [-0.05, 0) is 25.7 Å². The Morgan fingerprint density at radius 1 is 0.788 bits per heavy atom. The Labute approximate surface area is 200 Å². The van der Waals surface area contributed by atoms with E-state index in [0.29, 0.717) is 18.9 Å². The van der Waals surface area contributed by atoms with Gasteiger partial charge in [-0.3, -0.25) is 19.5 Å². The molecule has 2 aliphatic heterocycles. The van der Waals surface area contributed by atoms with Crippen molar-refractivity contribution < 1.29 is 9.59 Å². The van der Waals surface area contributed by atoms with Crippen molar-refractivity contribution in [3.05, 3.63) is 0 Å². The molecule has 0 aromatic rings. The molecule has 0 aromatic carbocycles. The molecule has 3 fully saturated rings. The number of nitrogens with one attached hydrogen (secondary N) is 1. The first-order valence-corrected chi connectivity index (χ1v) is 14.1. The third-order valence-electron chi connectivity index (χ3n) is 8.49. The molecule has 186 valence electrons. The zero-order valence-electron chi connectivity index (χ0n) is 20.7. The Hall–Kier alpha value is -1.43. The van der Waals surface area contributed by atoms with Crippen molar-refractivity contribution in [2.24, 2.45) is 10.9 Å². The van der Waals surface area contributed by atoms with Gasteiger partial charge in [0.2, 0.25) is 11.8 Å². The van der Waals surface area contributed by atoms with Crippen LogP contribution in [0.2, 0.25) is 0 Å². The summed E-state index contributed by atoms with van der Waals surface area (Å²) >= 11 is 0. The number of hydrogen-bond acceptors (Lipinski definition) is 4. The highest BCUT2D eigenvalue weighted by Gasteiger charge is 2.33. The van der Waals surface area contributed by atoms with Crippen LogP contribution in [0.5, 0.6) is 0 Å². The monoisotopic (exact) mass is 458 g/mol. The van der Waals surface area contributed by atoms with Crippen LogP contribution in [-0.2, 0) is 9.59 Å². The zero-order chi connectivity index (χ0) is 22.9. The molecule has 1 N–H and O–H groups in total. The lowest BCUT2D eigenvalue weighted by atomic mass is 9.89. The number of piperazine rings is 1. The van der Waals surface area contributed by atoms with Gasteiger partial charge >= 0.3 is 0 Å². The van der Waals surface area contributed by atoms with Crippen LogP contribution in [0.4, 0.5) is 0 Å². The standard InChI is InChI=1S/C27H46N4O2/c32-26(31-20-18-30(19-21-31)22-12-8-4-1-2-5-9-13-22)17-16-25-28-24-15-11-7-3-6-10-14-23(24)27(33)29-25/h22-24H,1-21H2,(H,28,29,33). The van der Waals surface area contributed by atoms with Crippen molar-refractivity contribution in [1.29, 1.82) is 0 Å². The van der Waals surface area contributed by atoms with Crippen molar-refractivity contribution in [3.8, 4) is 0 Å². The number of nitrogens with zero attached hydrogens (tertiary/aromatic N) is 3. The van der Waals surface area contributed by atoms with Crippen LogP contribution >= 0.6 is 0 Å². The number of amides is 2. The van der Waals surface area contributed by atoms with E-state index in [-0.39, 0.29) is 23.8 Å². The first-order valence-electron chi connectivity index (χ1n) is 14.1. The molecule has 2 atom stereocenters. The van der Waals surface area contributed by atoms with Crippen molar-refractivity contribution in [3.63, 3.8) is 0 Å². The minimum Gasteiger partial charge on any atom is -0.340 e. The number of carbonyl (C=O) groups excluding carboxylic acids is 2. The van der Waals surface area contributed by atoms with Gasteiger partial charge in [0.05, 0.1) is 12.0 Å². The average molecular weight is 459 g/mol. The molecule has 2 unspecified atom stereocenters. The van der Waals surface area contributed by atoms with Crippen LogP contribution in [0, 0.1) is 5.92 Å². The summed E-state index contributed by atoms with van der Waals surface area (Å²) in [4.78, 5) is 35.3. The summed E-state index contributed by atoms with van der Waals surface area (Å²) in [6, 6.07) is 0.839. The molecule has 2 aliphatic carbocycles. The fraction of sp³-hybridized carbons (Fsp3) is 0.889. The number of amidine groups is 1. The van der Waals surface area contributed by atoms with Gasteiger partial charge in [-0.15, -0.1) is 0 Å². The minimum atomic E-state index is 0.0354. The Bertz CT molecular complexity index is 661. The summed E-state index contributed by atoms with van der Waals surface area (Å²) in [6.07, 6.45) is 20.0. The van der Waals surface area contributed by atoms with E-state index < -0.39 is 0 Å².